The second kappa shape index (κ2) is 19.1. The first-order valence-corrected chi connectivity index (χ1v) is 17.5. The Balaban J connectivity index is 2.20. The molecule has 14 heteroatoms. The van der Waals surface area contributed by atoms with Crippen molar-refractivity contribution in [3.8, 4) is 5.75 Å². The maximum absolute atomic E-state index is 13.8. The molecule has 12 nitrogen and oxygen atoms in total. The first kappa shape index (κ1) is 41.8. The molecule has 1 aromatic rings. The molecule has 1 aromatic carbocycles. The number of nitrogens with zero attached hydrogens (tertiary/aromatic N) is 2. The lowest BCUT2D eigenvalue weighted by Gasteiger charge is -2.37. The second-order valence-electron chi connectivity index (χ2n) is 12.7. The molecule has 1 aliphatic heterocycles. The highest BCUT2D eigenvalue weighted by atomic mass is 35.5. The van der Waals surface area contributed by atoms with E-state index in [1.54, 1.807) is 40.0 Å². The lowest BCUT2D eigenvalue weighted by atomic mass is 9.79. The lowest BCUT2D eigenvalue weighted by molar-refractivity contribution is -0.168. The summed E-state index contributed by atoms with van der Waals surface area (Å²) < 4.78 is 11.4. The molecular formula is C35H50ClN3O9S. The van der Waals surface area contributed by atoms with Gasteiger partial charge >= 0.3 is 5.97 Å². The SMILES string of the molecule is COc1cc(C/C(C)=C/C=C/CCO)cc(N(C)C(=O)C[C@H](OC(=O)[C@H](C)N(C)C(=O)CCSC2CC(=O)NC2=O)C(C)(C)[C@H](C)O)c1Cl. The molecule has 4 amide bonds. The third kappa shape index (κ3) is 11.9. The summed E-state index contributed by atoms with van der Waals surface area (Å²) in [5, 5.41) is 21.5. The van der Waals surface area contributed by atoms with E-state index >= 15 is 0 Å². The fourth-order valence-electron chi connectivity index (χ4n) is 4.81. The number of hydrogen-bond acceptors (Lipinski definition) is 10. The van der Waals surface area contributed by atoms with Crippen molar-refractivity contribution < 1.29 is 43.7 Å². The average molecular weight is 724 g/mol. The molecule has 0 bridgehead atoms. The van der Waals surface area contributed by atoms with E-state index in [1.807, 2.05) is 25.2 Å². The van der Waals surface area contributed by atoms with Gasteiger partial charge in [0.15, 0.2) is 0 Å². The highest BCUT2D eigenvalue weighted by molar-refractivity contribution is 8.00. The van der Waals surface area contributed by atoms with Crippen molar-refractivity contribution in [1.82, 2.24) is 10.2 Å². The number of allylic oxidation sites excluding steroid dienone is 3. The second-order valence-corrected chi connectivity index (χ2v) is 14.4. The molecule has 1 unspecified atom stereocenters. The van der Waals surface area contributed by atoms with Crippen molar-refractivity contribution in [2.75, 3.05) is 38.5 Å². The zero-order chi connectivity index (χ0) is 37.1. The number of esters is 1. The molecule has 0 saturated carbocycles. The highest BCUT2D eigenvalue weighted by Crippen LogP contribution is 2.38. The van der Waals surface area contributed by atoms with Crippen LogP contribution in [-0.4, -0.2) is 102 Å². The number of carbonyl (C=O) groups is 5. The number of likely N-dealkylation sites (N-methyl/N-ethyl adjacent to an activating group) is 1. The monoisotopic (exact) mass is 723 g/mol. The summed E-state index contributed by atoms with van der Waals surface area (Å²) in [6.45, 7) is 8.45. The van der Waals surface area contributed by atoms with E-state index in [9.17, 15) is 29.1 Å². The fraction of sp³-hybridized carbons (Fsp3) is 0.571. The van der Waals surface area contributed by atoms with Crippen LogP contribution in [0.4, 0.5) is 5.69 Å². The summed E-state index contributed by atoms with van der Waals surface area (Å²) in [7, 11) is 4.50. The number of aliphatic hydroxyl groups is 2. The number of benzene rings is 1. The average Bonchev–Trinajstić information content (AvgIpc) is 3.37. The maximum Gasteiger partial charge on any atom is 0.328 e. The number of amides is 4. The quantitative estimate of drug-likeness (QED) is 0.115. The summed E-state index contributed by atoms with van der Waals surface area (Å²) in [6, 6.07) is 2.57. The number of methoxy groups -OCH3 is 1. The summed E-state index contributed by atoms with van der Waals surface area (Å²) in [5.41, 5.74) is 1.20. The minimum Gasteiger partial charge on any atom is -0.495 e. The molecule has 1 saturated heterocycles. The zero-order valence-electron chi connectivity index (χ0n) is 29.6. The van der Waals surface area contributed by atoms with Crippen molar-refractivity contribution >= 4 is 58.6 Å². The third-order valence-corrected chi connectivity index (χ3v) is 10.3. The number of anilines is 1. The number of nitrogens with one attached hydrogen (secondary N) is 1. The molecule has 0 spiro atoms. The number of hydrogen-bond donors (Lipinski definition) is 3. The van der Waals surface area contributed by atoms with Crippen molar-refractivity contribution in [3.05, 3.63) is 46.5 Å². The first-order chi connectivity index (χ1) is 22.9. The largest absolute Gasteiger partial charge is 0.495 e. The van der Waals surface area contributed by atoms with Crippen molar-refractivity contribution in [3.63, 3.8) is 0 Å². The minimum absolute atomic E-state index is 0.0294. The number of rotatable bonds is 18. The Morgan fingerprint density at radius 3 is 2.43 bits per heavy atom. The highest BCUT2D eigenvalue weighted by Gasteiger charge is 2.41. The van der Waals surface area contributed by atoms with E-state index in [4.69, 9.17) is 26.2 Å². The van der Waals surface area contributed by atoms with E-state index in [1.165, 1.54) is 42.6 Å². The maximum atomic E-state index is 13.8. The molecule has 4 atom stereocenters. The topological polar surface area (TPSA) is 163 Å². The number of halogens is 1. The number of thioether (sulfide) groups is 1. The first-order valence-electron chi connectivity index (χ1n) is 16.1. The van der Waals surface area contributed by atoms with Crippen LogP contribution in [0.2, 0.25) is 5.02 Å². The van der Waals surface area contributed by atoms with Gasteiger partial charge in [0.05, 0.1) is 30.6 Å². The molecule has 1 heterocycles. The molecule has 49 heavy (non-hydrogen) atoms. The molecule has 1 aliphatic rings. The van der Waals surface area contributed by atoms with Gasteiger partial charge in [-0.15, -0.1) is 11.8 Å². The summed E-state index contributed by atoms with van der Waals surface area (Å²) in [6.07, 6.45) is 4.53. The van der Waals surface area contributed by atoms with Gasteiger partial charge in [0.1, 0.15) is 22.9 Å². The lowest BCUT2D eigenvalue weighted by Crippen LogP contribution is -2.48. The van der Waals surface area contributed by atoms with Gasteiger partial charge < -0.3 is 29.5 Å². The van der Waals surface area contributed by atoms with E-state index in [-0.39, 0.29) is 54.4 Å². The molecule has 1 fully saturated rings. The fourth-order valence-corrected chi connectivity index (χ4v) is 6.18. The molecule has 2 rings (SSSR count). The molecule has 272 valence electrons. The summed E-state index contributed by atoms with van der Waals surface area (Å²) >= 11 is 7.86. The molecule has 0 aromatic heterocycles. The van der Waals surface area contributed by atoms with Crippen molar-refractivity contribution in [2.24, 2.45) is 5.41 Å². The Morgan fingerprint density at radius 2 is 1.86 bits per heavy atom. The minimum atomic E-state index is -1.07. The van der Waals surface area contributed by atoms with Crippen LogP contribution in [0.25, 0.3) is 0 Å². The van der Waals surface area contributed by atoms with Crippen LogP contribution >= 0.6 is 23.4 Å². The Hall–Kier alpha value is -3.39. The number of carbonyl (C=O) groups excluding carboxylic acids is 5. The van der Waals surface area contributed by atoms with Crippen LogP contribution in [-0.2, 0) is 35.1 Å². The summed E-state index contributed by atoms with van der Waals surface area (Å²) in [5.74, 6) is -1.62. The number of aliphatic hydroxyl groups excluding tert-OH is 2. The smallest absolute Gasteiger partial charge is 0.328 e. The van der Waals surface area contributed by atoms with Crippen molar-refractivity contribution in [2.45, 2.75) is 90.2 Å². The molecular weight excluding hydrogens is 674 g/mol. The Kier molecular flexibility index (Phi) is 16.3. The van der Waals surface area contributed by atoms with Crippen molar-refractivity contribution in [1.29, 1.82) is 0 Å². The Labute approximate surface area is 298 Å². The Morgan fingerprint density at radius 1 is 1.18 bits per heavy atom. The van der Waals surface area contributed by atoms with Gasteiger partial charge in [-0.1, -0.05) is 49.2 Å². The van der Waals surface area contributed by atoms with Gasteiger partial charge in [-0.2, -0.15) is 0 Å². The van der Waals surface area contributed by atoms with E-state index in [0.717, 1.165) is 11.1 Å². The summed E-state index contributed by atoms with van der Waals surface area (Å²) in [4.78, 5) is 65.8. The van der Waals surface area contributed by atoms with Crippen LogP contribution in [0.3, 0.4) is 0 Å². The molecule has 3 N–H and O–H groups in total. The van der Waals surface area contributed by atoms with Crippen LogP contribution in [0.5, 0.6) is 5.75 Å². The van der Waals surface area contributed by atoms with Crippen LogP contribution in [0.1, 0.15) is 65.9 Å². The third-order valence-electron chi connectivity index (χ3n) is 8.73. The van der Waals surface area contributed by atoms with E-state index < -0.39 is 40.8 Å². The predicted molar refractivity (Wildman–Crippen MR) is 191 cm³/mol. The van der Waals surface area contributed by atoms with Crippen LogP contribution in [0.15, 0.2) is 35.9 Å². The van der Waals surface area contributed by atoms with E-state index in [0.29, 0.717) is 24.3 Å². The normalized spacial score (nSPS) is 17.0. The number of ether oxygens (including phenoxy) is 2. The Bertz CT molecular complexity index is 1430. The van der Waals surface area contributed by atoms with Gasteiger partial charge in [0, 0.05) is 44.7 Å². The van der Waals surface area contributed by atoms with Gasteiger partial charge in [-0.05, 0) is 51.3 Å². The number of imide groups is 1. The van der Waals surface area contributed by atoms with Gasteiger partial charge in [0.2, 0.25) is 23.6 Å². The van der Waals surface area contributed by atoms with Crippen LogP contribution < -0.4 is 15.0 Å². The molecule has 0 radical (unpaired) electrons. The zero-order valence-corrected chi connectivity index (χ0v) is 31.2. The van der Waals surface area contributed by atoms with Gasteiger partial charge in [-0.3, -0.25) is 24.5 Å². The molecule has 0 aliphatic carbocycles. The van der Waals surface area contributed by atoms with Gasteiger partial charge in [-0.25, -0.2) is 4.79 Å². The van der Waals surface area contributed by atoms with Gasteiger partial charge in [0.25, 0.3) is 0 Å². The standard InChI is InChI=1S/C35H50ClN3O9S/c1-21(12-10-9-11-14-40)16-24-17-25(32(36)26(18-24)47-8)39(7)31(44)20-28(35(4,5)23(3)41)48-34(46)22(2)38(6)30(43)13-15-49-27-19-29(42)37-33(27)45/h9-10,12,17-18,22-23,27-28,40-41H,11,13-16,19-20H2,1-8H3,(H,37,42,45)/b10-9+,21-12+/t22-,23-,27?,28-/m0/s1. The van der Waals surface area contributed by atoms with Crippen LogP contribution in [0, 0.1) is 5.41 Å². The predicted octanol–water partition coefficient (Wildman–Crippen LogP) is 3.83. The van der Waals surface area contributed by atoms with E-state index in [2.05, 4.69) is 5.32 Å².